The molecule has 2 fully saturated rings. The van der Waals surface area contributed by atoms with Gasteiger partial charge in [-0.05, 0) is 37.8 Å². The summed E-state index contributed by atoms with van der Waals surface area (Å²) in [5, 5.41) is 5.76. The molecule has 0 radical (unpaired) electrons. The van der Waals surface area contributed by atoms with Crippen molar-refractivity contribution in [3.05, 3.63) is 53.5 Å². The summed E-state index contributed by atoms with van der Waals surface area (Å²) in [6.07, 6.45) is 9.09. The SMILES string of the molecule is O=C(NC1CCN(Cc2c(F)cccc2F)CC1)c1nccnc1NC(=O)C1CCCCC1. The van der Waals surface area contributed by atoms with E-state index in [1.54, 1.807) is 0 Å². The maximum atomic E-state index is 13.9. The van der Waals surface area contributed by atoms with E-state index in [2.05, 4.69) is 20.6 Å². The van der Waals surface area contributed by atoms with Crippen LogP contribution < -0.4 is 10.6 Å². The lowest BCUT2D eigenvalue weighted by Gasteiger charge is -2.32. The van der Waals surface area contributed by atoms with Gasteiger partial charge in [-0.1, -0.05) is 25.3 Å². The number of hydrogen-bond acceptors (Lipinski definition) is 5. The molecule has 7 nitrogen and oxygen atoms in total. The Bertz CT molecular complexity index is 968. The first-order valence-corrected chi connectivity index (χ1v) is 11.6. The van der Waals surface area contributed by atoms with Crippen molar-refractivity contribution in [1.29, 1.82) is 0 Å². The molecule has 2 aliphatic rings. The highest BCUT2D eigenvalue weighted by molar-refractivity contribution is 6.01. The molecule has 1 aromatic heterocycles. The maximum absolute atomic E-state index is 13.9. The second kappa shape index (κ2) is 10.8. The van der Waals surface area contributed by atoms with Gasteiger partial charge in [-0.3, -0.25) is 14.5 Å². The Morgan fingerprint density at radius 3 is 2.33 bits per heavy atom. The van der Waals surface area contributed by atoms with Crippen LogP contribution in [0.1, 0.15) is 61.0 Å². The third kappa shape index (κ3) is 5.90. The monoisotopic (exact) mass is 457 g/mol. The average molecular weight is 458 g/mol. The number of nitrogens with zero attached hydrogens (tertiary/aromatic N) is 3. The molecular weight excluding hydrogens is 428 g/mol. The van der Waals surface area contributed by atoms with Crippen LogP contribution in [0.15, 0.2) is 30.6 Å². The topological polar surface area (TPSA) is 87.2 Å². The molecule has 2 amide bonds. The molecule has 2 N–H and O–H groups in total. The van der Waals surface area contributed by atoms with Crippen molar-refractivity contribution < 1.29 is 18.4 Å². The lowest BCUT2D eigenvalue weighted by Crippen LogP contribution is -2.45. The van der Waals surface area contributed by atoms with E-state index in [1.165, 1.54) is 30.6 Å². The largest absolute Gasteiger partial charge is 0.348 e. The van der Waals surface area contributed by atoms with Gasteiger partial charge in [0, 0.05) is 49.6 Å². The Morgan fingerprint density at radius 2 is 1.64 bits per heavy atom. The number of carbonyl (C=O) groups excluding carboxylic acids is 2. The third-order valence-corrected chi connectivity index (χ3v) is 6.50. The van der Waals surface area contributed by atoms with Crippen LogP contribution in [0.5, 0.6) is 0 Å². The van der Waals surface area contributed by atoms with Crippen LogP contribution in [-0.4, -0.2) is 45.8 Å². The van der Waals surface area contributed by atoms with Gasteiger partial charge in [-0.2, -0.15) is 0 Å². The predicted molar refractivity (Wildman–Crippen MR) is 119 cm³/mol. The smallest absolute Gasteiger partial charge is 0.273 e. The van der Waals surface area contributed by atoms with E-state index in [-0.39, 0.29) is 47.4 Å². The zero-order chi connectivity index (χ0) is 23.2. The lowest BCUT2D eigenvalue weighted by atomic mass is 9.89. The molecule has 2 aromatic rings. The van der Waals surface area contributed by atoms with Crippen LogP contribution in [0.25, 0.3) is 0 Å². The number of benzene rings is 1. The summed E-state index contributed by atoms with van der Waals surface area (Å²) < 4.78 is 27.8. The first-order chi connectivity index (χ1) is 16.0. The second-order valence-corrected chi connectivity index (χ2v) is 8.80. The van der Waals surface area contributed by atoms with Gasteiger partial charge >= 0.3 is 0 Å². The number of likely N-dealkylation sites (tertiary alicyclic amines) is 1. The molecule has 1 saturated heterocycles. The number of aromatic nitrogens is 2. The summed E-state index contributed by atoms with van der Waals surface area (Å²) in [5.41, 5.74) is 0.162. The van der Waals surface area contributed by atoms with Crippen molar-refractivity contribution in [2.24, 2.45) is 5.92 Å². The maximum Gasteiger partial charge on any atom is 0.273 e. The van der Waals surface area contributed by atoms with Crippen molar-refractivity contribution in [2.45, 2.75) is 57.5 Å². The normalized spacial score (nSPS) is 18.1. The minimum absolute atomic E-state index is 0.0553. The molecule has 4 rings (SSSR count). The molecule has 0 bridgehead atoms. The lowest BCUT2D eigenvalue weighted by molar-refractivity contribution is -0.120. The molecule has 1 saturated carbocycles. The molecule has 1 aromatic carbocycles. The van der Waals surface area contributed by atoms with E-state index in [0.29, 0.717) is 25.9 Å². The van der Waals surface area contributed by atoms with Gasteiger partial charge in [0.2, 0.25) is 5.91 Å². The van der Waals surface area contributed by atoms with Gasteiger partial charge in [-0.15, -0.1) is 0 Å². The predicted octanol–water partition coefficient (Wildman–Crippen LogP) is 3.67. The van der Waals surface area contributed by atoms with E-state index < -0.39 is 11.6 Å². The highest BCUT2D eigenvalue weighted by atomic mass is 19.1. The summed E-state index contributed by atoms with van der Waals surface area (Å²) >= 11 is 0. The molecule has 33 heavy (non-hydrogen) atoms. The van der Waals surface area contributed by atoms with E-state index in [4.69, 9.17) is 0 Å². The zero-order valence-electron chi connectivity index (χ0n) is 18.5. The van der Waals surface area contributed by atoms with Gasteiger partial charge in [0.25, 0.3) is 5.91 Å². The van der Waals surface area contributed by atoms with Gasteiger partial charge in [-0.25, -0.2) is 18.7 Å². The van der Waals surface area contributed by atoms with Crippen LogP contribution in [0, 0.1) is 17.6 Å². The summed E-state index contributed by atoms with van der Waals surface area (Å²) in [6.45, 7) is 1.40. The second-order valence-electron chi connectivity index (χ2n) is 8.80. The average Bonchev–Trinajstić information content (AvgIpc) is 2.83. The molecule has 176 valence electrons. The van der Waals surface area contributed by atoms with Crippen LogP contribution in [0.2, 0.25) is 0 Å². The fourth-order valence-corrected chi connectivity index (χ4v) is 4.58. The van der Waals surface area contributed by atoms with E-state index >= 15 is 0 Å². The molecule has 1 aliphatic carbocycles. The summed E-state index contributed by atoms with van der Waals surface area (Å²) in [5.74, 6) is -1.47. The fourth-order valence-electron chi connectivity index (χ4n) is 4.58. The minimum atomic E-state index is -0.545. The Kier molecular flexibility index (Phi) is 7.59. The first kappa shape index (κ1) is 23.2. The van der Waals surface area contributed by atoms with E-state index in [9.17, 15) is 18.4 Å². The third-order valence-electron chi connectivity index (χ3n) is 6.50. The van der Waals surface area contributed by atoms with Crippen LogP contribution in [-0.2, 0) is 11.3 Å². The highest BCUT2D eigenvalue weighted by Crippen LogP contribution is 2.25. The number of halogens is 2. The van der Waals surface area contributed by atoms with Gasteiger partial charge in [0.1, 0.15) is 11.6 Å². The molecule has 1 aliphatic heterocycles. The molecule has 2 heterocycles. The summed E-state index contributed by atoms with van der Waals surface area (Å²) in [4.78, 5) is 35.8. The van der Waals surface area contributed by atoms with Crippen molar-refractivity contribution in [2.75, 3.05) is 18.4 Å². The zero-order valence-corrected chi connectivity index (χ0v) is 18.5. The minimum Gasteiger partial charge on any atom is -0.348 e. The number of piperidine rings is 1. The van der Waals surface area contributed by atoms with E-state index in [1.807, 2.05) is 4.90 Å². The molecule has 9 heteroatoms. The Hall–Kier alpha value is -2.94. The number of carbonyl (C=O) groups is 2. The fraction of sp³-hybridized carbons (Fsp3) is 0.500. The number of rotatable bonds is 6. The Labute approximate surface area is 192 Å². The van der Waals surface area contributed by atoms with Crippen molar-refractivity contribution >= 4 is 17.6 Å². The highest BCUT2D eigenvalue weighted by Gasteiger charge is 2.26. The van der Waals surface area contributed by atoms with Crippen LogP contribution in [0.4, 0.5) is 14.6 Å². The molecule has 0 atom stereocenters. The molecular formula is C24H29F2N5O2. The Balaban J connectivity index is 1.31. The van der Waals surface area contributed by atoms with E-state index in [0.717, 1.165) is 32.1 Å². The number of hydrogen-bond donors (Lipinski definition) is 2. The van der Waals surface area contributed by atoms with Crippen molar-refractivity contribution in [3.8, 4) is 0 Å². The van der Waals surface area contributed by atoms with Crippen LogP contribution in [0.3, 0.4) is 0 Å². The van der Waals surface area contributed by atoms with Crippen LogP contribution >= 0.6 is 0 Å². The van der Waals surface area contributed by atoms with Gasteiger partial charge < -0.3 is 10.6 Å². The van der Waals surface area contributed by atoms with Gasteiger partial charge in [0.05, 0.1) is 0 Å². The number of anilines is 1. The Morgan fingerprint density at radius 1 is 0.970 bits per heavy atom. The number of nitrogens with one attached hydrogen (secondary N) is 2. The molecule has 0 unspecified atom stereocenters. The quantitative estimate of drug-likeness (QED) is 0.691. The summed E-state index contributed by atoms with van der Waals surface area (Å²) in [6, 6.07) is 3.78. The summed E-state index contributed by atoms with van der Waals surface area (Å²) in [7, 11) is 0. The van der Waals surface area contributed by atoms with Crippen molar-refractivity contribution in [1.82, 2.24) is 20.2 Å². The standard InChI is InChI=1S/C24H29F2N5O2/c25-19-7-4-8-20(26)18(19)15-31-13-9-17(10-14-31)29-24(33)21-22(28-12-11-27-21)30-23(32)16-5-2-1-3-6-16/h4,7-8,11-12,16-17H,1-3,5-6,9-10,13-15H2,(H,29,33)(H,28,30,32). The number of amides is 2. The molecule has 0 spiro atoms. The van der Waals surface area contributed by atoms with Crippen molar-refractivity contribution in [3.63, 3.8) is 0 Å². The first-order valence-electron chi connectivity index (χ1n) is 11.6. The van der Waals surface area contributed by atoms with Gasteiger partial charge in [0.15, 0.2) is 11.5 Å².